The van der Waals surface area contributed by atoms with Crippen LogP contribution in [0.2, 0.25) is 0 Å². The Bertz CT molecular complexity index is 698. The van der Waals surface area contributed by atoms with E-state index in [1.54, 1.807) is 0 Å². The van der Waals surface area contributed by atoms with Crippen LogP contribution in [0.3, 0.4) is 0 Å². The Morgan fingerprint density at radius 1 is 1.03 bits per heavy atom. The molecule has 0 aromatic heterocycles. The molecule has 9 atom stereocenters. The van der Waals surface area contributed by atoms with Crippen LogP contribution >= 0.6 is 0 Å². The van der Waals surface area contributed by atoms with Crippen molar-refractivity contribution in [3.8, 4) is 0 Å². The summed E-state index contributed by atoms with van der Waals surface area (Å²) in [6, 6.07) is 0.0155. The van der Waals surface area contributed by atoms with Crippen LogP contribution in [0.4, 0.5) is 13.2 Å². The zero-order valence-electron chi connectivity index (χ0n) is 19.4. The third-order valence-electron chi connectivity index (χ3n) is 8.79. The van der Waals surface area contributed by atoms with Crippen molar-refractivity contribution in [2.75, 3.05) is 13.6 Å². The molecule has 5 nitrogen and oxygen atoms in total. The van der Waals surface area contributed by atoms with Crippen LogP contribution in [0.5, 0.6) is 0 Å². The van der Waals surface area contributed by atoms with Crippen molar-refractivity contribution in [3.05, 3.63) is 0 Å². The number of nitrogens with zero attached hydrogens (tertiary/aromatic N) is 1. The summed E-state index contributed by atoms with van der Waals surface area (Å²) < 4.78 is 40.9. The number of fused-ring (bicyclic) bond motifs is 1. The number of hydrogen-bond donors (Lipinski definition) is 2. The average molecular weight is 458 g/mol. The molecule has 2 saturated carbocycles. The number of piperidine rings is 2. The first kappa shape index (κ1) is 23.8. The summed E-state index contributed by atoms with van der Waals surface area (Å²) in [5.41, 5.74) is 0. The van der Waals surface area contributed by atoms with Crippen molar-refractivity contribution < 1.29 is 22.8 Å². The van der Waals surface area contributed by atoms with Crippen molar-refractivity contribution >= 4 is 11.8 Å². The zero-order valence-corrected chi connectivity index (χ0v) is 19.4. The first-order valence-electron chi connectivity index (χ1n) is 12.4. The Hall–Kier alpha value is -1.31. The van der Waals surface area contributed by atoms with Gasteiger partial charge in [-0.2, -0.15) is 0 Å². The Kier molecular flexibility index (Phi) is 7.08. The molecule has 182 valence electrons. The van der Waals surface area contributed by atoms with Crippen LogP contribution in [-0.2, 0) is 9.59 Å². The molecule has 0 aromatic rings. The van der Waals surface area contributed by atoms with E-state index in [0.29, 0.717) is 30.7 Å². The van der Waals surface area contributed by atoms with Gasteiger partial charge in [0.15, 0.2) is 6.17 Å². The Morgan fingerprint density at radius 3 is 2.41 bits per heavy atom. The predicted octanol–water partition coefficient (Wildman–Crippen LogP) is 3.18. The van der Waals surface area contributed by atoms with Gasteiger partial charge < -0.3 is 15.5 Å². The Balaban J connectivity index is 1.40. The normalized spacial score (nSPS) is 47.6. The summed E-state index contributed by atoms with van der Waals surface area (Å²) >= 11 is 0. The smallest absolute Gasteiger partial charge is 0.225 e. The van der Waals surface area contributed by atoms with Gasteiger partial charge in [0.2, 0.25) is 11.8 Å². The van der Waals surface area contributed by atoms with Crippen molar-refractivity contribution in [1.82, 2.24) is 15.5 Å². The van der Waals surface area contributed by atoms with Crippen LogP contribution in [0.1, 0.15) is 58.8 Å². The molecule has 32 heavy (non-hydrogen) atoms. The number of likely N-dealkylation sites (tertiary alicyclic amines) is 1. The minimum atomic E-state index is -2.10. The van der Waals surface area contributed by atoms with Gasteiger partial charge >= 0.3 is 0 Å². The third-order valence-corrected chi connectivity index (χ3v) is 8.79. The summed E-state index contributed by atoms with van der Waals surface area (Å²) in [6.45, 7) is 5.24. The van der Waals surface area contributed by atoms with Gasteiger partial charge in [0.25, 0.3) is 0 Å². The van der Waals surface area contributed by atoms with Gasteiger partial charge in [0, 0.05) is 56.4 Å². The quantitative estimate of drug-likeness (QED) is 0.684. The van der Waals surface area contributed by atoms with E-state index in [4.69, 9.17) is 0 Å². The Morgan fingerprint density at radius 2 is 1.72 bits per heavy atom. The van der Waals surface area contributed by atoms with Gasteiger partial charge in [0.1, 0.15) is 12.3 Å². The van der Waals surface area contributed by atoms with E-state index in [9.17, 15) is 22.8 Å². The van der Waals surface area contributed by atoms with E-state index in [0.717, 1.165) is 25.8 Å². The van der Waals surface area contributed by atoms with E-state index in [2.05, 4.69) is 24.5 Å². The number of amides is 2. The minimum Gasteiger partial charge on any atom is -0.353 e. The van der Waals surface area contributed by atoms with E-state index in [-0.39, 0.29) is 48.5 Å². The number of halogens is 3. The molecule has 2 saturated heterocycles. The number of alkyl halides is 3. The van der Waals surface area contributed by atoms with Gasteiger partial charge in [-0.3, -0.25) is 9.59 Å². The van der Waals surface area contributed by atoms with Crippen LogP contribution in [0.15, 0.2) is 0 Å². The number of carbonyl (C=O) groups excluding carboxylic acids is 2. The van der Waals surface area contributed by atoms with E-state index >= 15 is 0 Å². The lowest BCUT2D eigenvalue weighted by Gasteiger charge is -2.50. The Labute approximate surface area is 189 Å². The molecule has 2 heterocycles. The third kappa shape index (κ3) is 4.66. The average Bonchev–Trinajstić information content (AvgIpc) is 2.75. The first-order chi connectivity index (χ1) is 15.2. The van der Waals surface area contributed by atoms with Crippen LogP contribution in [0, 0.1) is 29.6 Å². The molecule has 9 unspecified atom stereocenters. The highest BCUT2D eigenvalue weighted by atomic mass is 19.2. The fourth-order valence-electron chi connectivity index (χ4n) is 6.77. The van der Waals surface area contributed by atoms with E-state index in [1.807, 2.05) is 11.9 Å². The van der Waals surface area contributed by atoms with Gasteiger partial charge in [-0.15, -0.1) is 0 Å². The summed E-state index contributed by atoms with van der Waals surface area (Å²) in [4.78, 5) is 28.2. The molecule has 4 aliphatic rings. The maximum atomic E-state index is 13.8. The lowest BCUT2D eigenvalue weighted by atomic mass is 9.64. The van der Waals surface area contributed by atoms with Crippen LogP contribution in [-0.4, -0.2) is 66.9 Å². The predicted molar refractivity (Wildman–Crippen MR) is 116 cm³/mol. The largest absolute Gasteiger partial charge is 0.353 e. The molecule has 4 fully saturated rings. The van der Waals surface area contributed by atoms with E-state index < -0.39 is 24.6 Å². The maximum Gasteiger partial charge on any atom is 0.225 e. The molecule has 4 rings (SSSR count). The highest BCUT2D eigenvalue weighted by Gasteiger charge is 2.48. The lowest BCUT2D eigenvalue weighted by molar-refractivity contribution is -0.150. The van der Waals surface area contributed by atoms with Gasteiger partial charge in [0.05, 0.1) is 0 Å². The summed E-state index contributed by atoms with van der Waals surface area (Å²) in [7, 11) is 1.92. The standard InChI is InChI=1S/C24H38F3N3O2/c1-12-4-5-14(23(31)29-16-9-19(25)22(27)20(26)10-16)7-17(12)18-8-15-11-28-13(2)6-21(15)30(3)24(18)32/h12-22,28H,4-11H2,1-3H3,(H,29,31). The molecule has 2 aliphatic heterocycles. The topological polar surface area (TPSA) is 61.4 Å². The van der Waals surface area contributed by atoms with Crippen molar-refractivity contribution in [2.45, 2.75) is 95.4 Å². The van der Waals surface area contributed by atoms with Crippen molar-refractivity contribution in [3.63, 3.8) is 0 Å². The number of hydrogen-bond acceptors (Lipinski definition) is 3. The SMILES string of the molecule is CC1CC2C(CN1)CC(C1CC(C(=O)NC3CC(F)C(F)C(F)C3)CCC1C)C(=O)N2C. The summed E-state index contributed by atoms with van der Waals surface area (Å²) in [5, 5.41) is 6.33. The monoisotopic (exact) mass is 457 g/mol. The number of carbonyl (C=O) groups is 2. The second kappa shape index (κ2) is 9.51. The molecular weight excluding hydrogens is 419 g/mol. The number of nitrogens with one attached hydrogen (secondary N) is 2. The van der Waals surface area contributed by atoms with Crippen LogP contribution < -0.4 is 10.6 Å². The lowest BCUT2D eigenvalue weighted by Crippen LogP contribution is -2.60. The summed E-state index contributed by atoms with van der Waals surface area (Å²) in [5.74, 6) is 0.538. The number of rotatable bonds is 3. The molecule has 0 radical (unpaired) electrons. The fourth-order valence-corrected chi connectivity index (χ4v) is 6.77. The molecule has 0 bridgehead atoms. The molecule has 8 heteroatoms. The molecular formula is C24H38F3N3O2. The molecule has 2 aliphatic carbocycles. The van der Waals surface area contributed by atoms with Gasteiger partial charge in [-0.1, -0.05) is 6.92 Å². The summed E-state index contributed by atoms with van der Waals surface area (Å²) in [6.07, 6.45) is -2.21. The highest BCUT2D eigenvalue weighted by molar-refractivity contribution is 5.81. The molecule has 2 N–H and O–H groups in total. The fraction of sp³-hybridized carbons (Fsp3) is 0.917. The zero-order chi connectivity index (χ0) is 23.2. The molecule has 0 spiro atoms. The van der Waals surface area contributed by atoms with Crippen molar-refractivity contribution in [1.29, 1.82) is 0 Å². The first-order valence-corrected chi connectivity index (χ1v) is 12.4. The molecule has 0 aromatic carbocycles. The second-order valence-electron chi connectivity index (χ2n) is 11.0. The van der Waals surface area contributed by atoms with E-state index in [1.165, 1.54) is 0 Å². The van der Waals surface area contributed by atoms with Gasteiger partial charge in [-0.05, 0) is 56.8 Å². The highest BCUT2D eigenvalue weighted by Crippen LogP contribution is 2.44. The maximum absolute atomic E-state index is 13.8. The second-order valence-corrected chi connectivity index (χ2v) is 11.0. The van der Waals surface area contributed by atoms with Crippen LogP contribution in [0.25, 0.3) is 0 Å². The molecule has 2 amide bonds. The van der Waals surface area contributed by atoms with Gasteiger partial charge in [-0.25, -0.2) is 13.2 Å². The minimum absolute atomic E-state index is 0.0884. The van der Waals surface area contributed by atoms with Crippen molar-refractivity contribution in [2.24, 2.45) is 29.6 Å².